The standard InChI is InChI=1S/C22H30N4O/c1-17(19-9-5-4-6-10-19)12-14-25-22(24-3)26-15-13-18-8-7-11-20(16-18)21(27)23-2/h4-11,16-17H,12-15H2,1-3H3,(H,23,27)(H2,24,25,26). The number of nitrogens with zero attached hydrogens (tertiary/aromatic N) is 1. The summed E-state index contributed by atoms with van der Waals surface area (Å²) in [5.74, 6) is 1.25. The van der Waals surface area contributed by atoms with Gasteiger partial charge in [-0.2, -0.15) is 0 Å². The Bertz CT molecular complexity index is 743. The van der Waals surface area contributed by atoms with Crippen molar-refractivity contribution in [3.63, 3.8) is 0 Å². The second-order valence-corrected chi connectivity index (χ2v) is 6.56. The van der Waals surface area contributed by atoms with Gasteiger partial charge in [0, 0.05) is 32.7 Å². The van der Waals surface area contributed by atoms with Crippen molar-refractivity contribution in [3.05, 3.63) is 71.3 Å². The summed E-state index contributed by atoms with van der Waals surface area (Å²) in [5.41, 5.74) is 3.17. The van der Waals surface area contributed by atoms with E-state index in [2.05, 4.69) is 52.1 Å². The molecule has 1 amide bonds. The molecule has 0 aromatic heterocycles. The van der Waals surface area contributed by atoms with Crippen molar-refractivity contribution >= 4 is 11.9 Å². The molecule has 0 fully saturated rings. The molecule has 0 aliphatic heterocycles. The summed E-state index contributed by atoms with van der Waals surface area (Å²) in [6.45, 7) is 3.86. The van der Waals surface area contributed by atoms with Gasteiger partial charge >= 0.3 is 0 Å². The summed E-state index contributed by atoms with van der Waals surface area (Å²) in [7, 11) is 3.42. The molecule has 2 rings (SSSR count). The molecule has 144 valence electrons. The zero-order valence-corrected chi connectivity index (χ0v) is 16.5. The lowest BCUT2D eigenvalue weighted by Crippen LogP contribution is -2.39. The van der Waals surface area contributed by atoms with E-state index in [0.29, 0.717) is 11.5 Å². The van der Waals surface area contributed by atoms with Crippen LogP contribution in [0.1, 0.15) is 40.7 Å². The molecule has 5 nitrogen and oxygen atoms in total. The first-order valence-electron chi connectivity index (χ1n) is 9.44. The highest BCUT2D eigenvalue weighted by molar-refractivity contribution is 5.94. The van der Waals surface area contributed by atoms with E-state index in [1.54, 1.807) is 14.1 Å². The van der Waals surface area contributed by atoms with Crippen molar-refractivity contribution in [3.8, 4) is 0 Å². The van der Waals surface area contributed by atoms with E-state index in [1.165, 1.54) is 5.56 Å². The van der Waals surface area contributed by atoms with Gasteiger partial charge in [-0.3, -0.25) is 9.79 Å². The van der Waals surface area contributed by atoms with Crippen molar-refractivity contribution in [1.29, 1.82) is 0 Å². The molecular formula is C22H30N4O. The topological polar surface area (TPSA) is 65.5 Å². The van der Waals surface area contributed by atoms with Crippen LogP contribution in [0.15, 0.2) is 59.6 Å². The maximum Gasteiger partial charge on any atom is 0.251 e. The van der Waals surface area contributed by atoms with Gasteiger partial charge in [-0.25, -0.2) is 0 Å². The van der Waals surface area contributed by atoms with Gasteiger partial charge in [-0.1, -0.05) is 49.4 Å². The van der Waals surface area contributed by atoms with E-state index in [1.807, 2.05) is 30.3 Å². The second-order valence-electron chi connectivity index (χ2n) is 6.56. The molecule has 0 bridgehead atoms. The molecule has 0 saturated carbocycles. The Labute approximate surface area is 162 Å². The van der Waals surface area contributed by atoms with Gasteiger partial charge in [-0.15, -0.1) is 0 Å². The van der Waals surface area contributed by atoms with E-state index < -0.39 is 0 Å². The monoisotopic (exact) mass is 366 g/mol. The van der Waals surface area contributed by atoms with Gasteiger partial charge < -0.3 is 16.0 Å². The molecule has 0 spiro atoms. The highest BCUT2D eigenvalue weighted by Gasteiger charge is 2.06. The molecule has 2 aromatic carbocycles. The smallest absolute Gasteiger partial charge is 0.251 e. The average Bonchev–Trinajstić information content (AvgIpc) is 2.72. The lowest BCUT2D eigenvalue weighted by molar-refractivity contribution is 0.0963. The summed E-state index contributed by atoms with van der Waals surface area (Å²) in [6, 6.07) is 18.3. The number of aliphatic imine (C=N–C) groups is 1. The van der Waals surface area contributed by atoms with E-state index in [-0.39, 0.29) is 5.91 Å². The Kier molecular flexibility index (Phi) is 8.36. The number of carbonyl (C=O) groups excluding carboxylic acids is 1. The van der Waals surface area contributed by atoms with Crippen LogP contribution >= 0.6 is 0 Å². The first kappa shape index (κ1) is 20.5. The number of rotatable bonds is 8. The van der Waals surface area contributed by atoms with Gasteiger partial charge in [0.05, 0.1) is 0 Å². The van der Waals surface area contributed by atoms with Gasteiger partial charge in [0.2, 0.25) is 0 Å². The molecule has 0 saturated heterocycles. The molecule has 0 aliphatic carbocycles. The summed E-state index contributed by atoms with van der Waals surface area (Å²) >= 11 is 0. The van der Waals surface area contributed by atoms with Crippen molar-refractivity contribution in [2.45, 2.75) is 25.7 Å². The molecule has 3 N–H and O–H groups in total. The van der Waals surface area contributed by atoms with Crippen molar-refractivity contribution in [2.24, 2.45) is 4.99 Å². The summed E-state index contributed by atoms with van der Waals surface area (Å²) in [4.78, 5) is 16.0. The third-order valence-corrected chi connectivity index (χ3v) is 4.58. The fourth-order valence-corrected chi connectivity index (χ4v) is 2.91. The number of hydrogen-bond donors (Lipinski definition) is 3. The predicted molar refractivity (Wildman–Crippen MR) is 112 cm³/mol. The second kappa shape index (κ2) is 11.0. The van der Waals surface area contributed by atoms with Crippen LogP contribution in [-0.2, 0) is 6.42 Å². The Morgan fingerprint density at radius 1 is 1.04 bits per heavy atom. The summed E-state index contributed by atoms with van der Waals surface area (Å²) < 4.78 is 0. The number of benzene rings is 2. The van der Waals surface area contributed by atoms with E-state index >= 15 is 0 Å². The van der Waals surface area contributed by atoms with Crippen molar-refractivity contribution < 1.29 is 4.79 Å². The number of hydrogen-bond acceptors (Lipinski definition) is 2. The van der Waals surface area contributed by atoms with E-state index in [0.717, 1.165) is 37.5 Å². The van der Waals surface area contributed by atoms with Crippen LogP contribution in [-0.4, -0.2) is 39.1 Å². The zero-order valence-electron chi connectivity index (χ0n) is 16.5. The molecule has 2 aromatic rings. The maximum absolute atomic E-state index is 11.7. The third-order valence-electron chi connectivity index (χ3n) is 4.58. The molecule has 27 heavy (non-hydrogen) atoms. The Morgan fingerprint density at radius 3 is 2.48 bits per heavy atom. The third kappa shape index (κ3) is 6.77. The Morgan fingerprint density at radius 2 is 1.78 bits per heavy atom. The van der Waals surface area contributed by atoms with Crippen LogP contribution in [0.25, 0.3) is 0 Å². The van der Waals surface area contributed by atoms with Crippen LogP contribution in [0.3, 0.4) is 0 Å². The minimum atomic E-state index is -0.0604. The lowest BCUT2D eigenvalue weighted by atomic mass is 9.98. The van der Waals surface area contributed by atoms with Crippen LogP contribution in [0.5, 0.6) is 0 Å². The molecule has 1 unspecified atom stereocenters. The Balaban J connectivity index is 1.73. The van der Waals surface area contributed by atoms with E-state index in [9.17, 15) is 4.79 Å². The SMILES string of the molecule is CN=C(NCCc1cccc(C(=O)NC)c1)NCCC(C)c1ccccc1. The summed E-state index contributed by atoms with van der Waals surface area (Å²) in [5, 5.41) is 9.35. The molecule has 0 heterocycles. The van der Waals surface area contributed by atoms with E-state index in [4.69, 9.17) is 0 Å². The first-order valence-corrected chi connectivity index (χ1v) is 9.44. The van der Waals surface area contributed by atoms with Crippen LogP contribution < -0.4 is 16.0 Å². The fourth-order valence-electron chi connectivity index (χ4n) is 2.91. The normalized spacial score (nSPS) is 12.3. The zero-order chi connectivity index (χ0) is 19.5. The average molecular weight is 367 g/mol. The van der Waals surface area contributed by atoms with Gasteiger partial charge in [0.15, 0.2) is 5.96 Å². The number of carbonyl (C=O) groups is 1. The maximum atomic E-state index is 11.7. The quantitative estimate of drug-likeness (QED) is 0.497. The van der Waals surface area contributed by atoms with Crippen LogP contribution in [0.4, 0.5) is 0 Å². The predicted octanol–water partition coefficient (Wildman–Crippen LogP) is 2.95. The minimum Gasteiger partial charge on any atom is -0.356 e. The van der Waals surface area contributed by atoms with Gasteiger partial charge in [-0.05, 0) is 42.0 Å². The molecule has 5 heteroatoms. The van der Waals surface area contributed by atoms with Gasteiger partial charge in [0.1, 0.15) is 0 Å². The highest BCUT2D eigenvalue weighted by atomic mass is 16.1. The van der Waals surface area contributed by atoms with Crippen molar-refractivity contribution in [2.75, 3.05) is 27.2 Å². The van der Waals surface area contributed by atoms with Crippen LogP contribution in [0.2, 0.25) is 0 Å². The minimum absolute atomic E-state index is 0.0604. The molecule has 0 aliphatic rings. The van der Waals surface area contributed by atoms with Gasteiger partial charge in [0.25, 0.3) is 5.91 Å². The lowest BCUT2D eigenvalue weighted by Gasteiger charge is -2.15. The number of amides is 1. The number of guanidine groups is 1. The fraction of sp³-hybridized carbons (Fsp3) is 0.364. The molecule has 1 atom stereocenters. The first-order chi connectivity index (χ1) is 13.1. The highest BCUT2D eigenvalue weighted by Crippen LogP contribution is 2.17. The number of nitrogens with one attached hydrogen (secondary N) is 3. The van der Waals surface area contributed by atoms with Crippen molar-refractivity contribution in [1.82, 2.24) is 16.0 Å². The molecular weight excluding hydrogens is 336 g/mol. The molecule has 0 radical (unpaired) electrons. The van der Waals surface area contributed by atoms with Crippen LogP contribution in [0, 0.1) is 0 Å². The summed E-state index contributed by atoms with van der Waals surface area (Å²) in [6.07, 6.45) is 1.87. The Hall–Kier alpha value is -2.82. The largest absolute Gasteiger partial charge is 0.356 e.